The van der Waals surface area contributed by atoms with Gasteiger partial charge in [0.25, 0.3) is 0 Å². The van der Waals surface area contributed by atoms with Gasteiger partial charge in [-0.05, 0) is 23.8 Å². The maximum atomic E-state index is 8.71. The molecule has 0 aliphatic carbocycles. The molecule has 0 atom stereocenters. The van der Waals surface area contributed by atoms with Crippen LogP contribution in [0.2, 0.25) is 0 Å². The van der Waals surface area contributed by atoms with E-state index in [1.165, 1.54) is 11.3 Å². The van der Waals surface area contributed by atoms with Gasteiger partial charge in [-0.1, -0.05) is 6.58 Å². The molecule has 0 saturated carbocycles. The first-order valence-corrected chi connectivity index (χ1v) is 4.17. The lowest BCUT2D eigenvalue weighted by atomic mass is 10.1. The van der Waals surface area contributed by atoms with E-state index in [9.17, 15) is 0 Å². The first-order valence-electron chi connectivity index (χ1n) is 4.17. The Morgan fingerprint density at radius 2 is 2.31 bits per heavy atom. The smallest absolute Gasteiger partial charge is 0.0991 e. The molecule has 0 amide bonds. The molecule has 13 heavy (non-hydrogen) atoms. The Morgan fingerprint density at radius 3 is 3.00 bits per heavy atom. The quantitative estimate of drug-likeness (QED) is 0.596. The van der Waals surface area contributed by atoms with Crippen molar-refractivity contribution >= 4 is 5.69 Å². The number of benzene rings is 1. The molecule has 2 heteroatoms. The largest absolute Gasteiger partial charge is 0.348 e. The Bertz CT molecular complexity index is 413. The minimum Gasteiger partial charge on any atom is -0.348 e. The number of hydrogen-bond acceptors (Lipinski definition) is 2. The number of nitrogens with zero attached hydrogens (tertiary/aromatic N) is 2. The Labute approximate surface area is 77.7 Å². The van der Waals surface area contributed by atoms with Crippen LogP contribution in [0.15, 0.2) is 30.5 Å². The average molecular weight is 170 g/mol. The Balaban J connectivity index is 2.54. The highest BCUT2D eigenvalue weighted by molar-refractivity contribution is 5.65. The van der Waals surface area contributed by atoms with Gasteiger partial charge in [0.1, 0.15) is 0 Å². The molecule has 1 aromatic carbocycles. The Morgan fingerprint density at radius 1 is 1.54 bits per heavy atom. The highest BCUT2D eigenvalue weighted by Crippen LogP contribution is 2.32. The second-order valence-electron chi connectivity index (χ2n) is 3.26. The lowest BCUT2D eigenvalue weighted by molar-refractivity contribution is 1.11. The lowest BCUT2D eigenvalue weighted by Gasteiger charge is -2.12. The summed E-state index contributed by atoms with van der Waals surface area (Å²) in [4.78, 5) is 2.07. The van der Waals surface area contributed by atoms with Crippen LogP contribution in [0.25, 0.3) is 0 Å². The van der Waals surface area contributed by atoms with Gasteiger partial charge in [-0.15, -0.1) is 0 Å². The van der Waals surface area contributed by atoms with Gasteiger partial charge >= 0.3 is 0 Å². The molecular formula is C11H10N2. The van der Waals surface area contributed by atoms with Gasteiger partial charge in [-0.25, -0.2) is 0 Å². The first kappa shape index (κ1) is 7.88. The molecule has 1 aromatic rings. The number of likely N-dealkylation sites (N-methyl/N-ethyl adjacent to an activating group) is 1. The van der Waals surface area contributed by atoms with Gasteiger partial charge in [0.05, 0.1) is 11.6 Å². The molecule has 0 fully saturated rings. The standard InChI is InChI=1S/C11H10N2/c1-8-5-10-6-9(7-12)3-4-11(10)13(8)2/h3-4,6H,1,5H2,2H3. The SMILES string of the molecule is C=C1Cc2cc(C#N)ccc2N1C. The van der Waals surface area contributed by atoms with Gasteiger partial charge < -0.3 is 4.90 Å². The van der Waals surface area contributed by atoms with E-state index in [0.29, 0.717) is 0 Å². The van der Waals surface area contributed by atoms with E-state index in [1.807, 2.05) is 25.2 Å². The molecule has 0 spiro atoms. The third-order valence-corrected chi connectivity index (χ3v) is 2.44. The maximum absolute atomic E-state index is 8.71. The number of anilines is 1. The summed E-state index contributed by atoms with van der Waals surface area (Å²) in [5.41, 5.74) is 4.18. The monoisotopic (exact) mass is 170 g/mol. The number of allylic oxidation sites excluding steroid dienone is 1. The van der Waals surface area contributed by atoms with E-state index < -0.39 is 0 Å². The molecule has 1 aliphatic heterocycles. The van der Waals surface area contributed by atoms with Crippen molar-refractivity contribution in [3.05, 3.63) is 41.6 Å². The first-order chi connectivity index (χ1) is 6.22. The third kappa shape index (κ3) is 1.09. The molecule has 0 unspecified atom stereocenters. The van der Waals surface area contributed by atoms with Crippen LogP contribution in [0.5, 0.6) is 0 Å². The molecule has 1 heterocycles. The summed E-state index contributed by atoms with van der Waals surface area (Å²) < 4.78 is 0. The van der Waals surface area contributed by atoms with Crippen molar-refractivity contribution < 1.29 is 0 Å². The van der Waals surface area contributed by atoms with Gasteiger partial charge in [-0.3, -0.25) is 0 Å². The lowest BCUT2D eigenvalue weighted by Crippen LogP contribution is -2.09. The van der Waals surface area contributed by atoms with Crippen LogP contribution in [0, 0.1) is 11.3 Å². The van der Waals surface area contributed by atoms with Crippen molar-refractivity contribution in [3.8, 4) is 6.07 Å². The van der Waals surface area contributed by atoms with Gasteiger partial charge in [0.15, 0.2) is 0 Å². The summed E-state index contributed by atoms with van der Waals surface area (Å²) >= 11 is 0. The molecule has 0 bridgehead atoms. The summed E-state index contributed by atoms with van der Waals surface area (Å²) in [6, 6.07) is 7.89. The van der Waals surface area contributed by atoms with Crippen LogP contribution in [0.3, 0.4) is 0 Å². The van der Waals surface area contributed by atoms with Crippen molar-refractivity contribution in [2.24, 2.45) is 0 Å². The zero-order valence-electron chi connectivity index (χ0n) is 7.54. The second-order valence-corrected chi connectivity index (χ2v) is 3.26. The van der Waals surface area contributed by atoms with Crippen LogP contribution in [0.4, 0.5) is 5.69 Å². The number of rotatable bonds is 0. The van der Waals surface area contributed by atoms with Crippen LogP contribution in [0.1, 0.15) is 11.1 Å². The molecule has 0 aromatic heterocycles. The van der Waals surface area contributed by atoms with E-state index in [2.05, 4.69) is 17.5 Å². The van der Waals surface area contributed by atoms with Crippen LogP contribution in [-0.4, -0.2) is 7.05 Å². The van der Waals surface area contributed by atoms with Crippen LogP contribution >= 0.6 is 0 Å². The fourth-order valence-electron chi connectivity index (χ4n) is 1.63. The maximum Gasteiger partial charge on any atom is 0.0991 e. The van der Waals surface area contributed by atoms with Crippen molar-refractivity contribution in [2.75, 3.05) is 11.9 Å². The zero-order valence-corrected chi connectivity index (χ0v) is 7.54. The van der Waals surface area contributed by atoms with Gasteiger partial charge in [0, 0.05) is 24.9 Å². The van der Waals surface area contributed by atoms with Crippen molar-refractivity contribution in [2.45, 2.75) is 6.42 Å². The normalized spacial score (nSPS) is 14.2. The molecule has 64 valence electrons. The molecule has 2 nitrogen and oxygen atoms in total. The molecule has 1 aliphatic rings. The molecule has 0 radical (unpaired) electrons. The minimum absolute atomic E-state index is 0.724. The summed E-state index contributed by atoms with van der Waals surface area (Å²) in [5.74, 6) is 0. The van der Waals surface area contributed by atoms with Crippen molar-refractivity contribution in [1.29, 1.82) is 5.26 Å². The summed E-state index contributed by atoms with van der Waals surface area (Å²) in [5, 5.41) is 8.71. The number of fused-ring (bicyclic) bond motifs is 1. The predicted octanol–water partition coefficient (Wildman–Crippen LogP) is 2.06. The van der Waals surface area contributed by atoms with Gasteiger partial charge in [0.2, 0.25) is 0 Å². The van der Waals surface area contributed by atoms with Crippen LogP contribution in [-0.2, 0) is 6.42 Å². The second kappa shape index (κ2) is 2.63. The van der Waals surface area contributed by atoms with E-state index in [0.717, 1.165) is 17.7 Å². The van der Waals surface area contributed by atoms with E-state index in [4.69, 9.17) is 5.26 Å². The zero-order chi connectivity index (χ0) is 9.42. The minimum atomic E-state index is 0.724. The van der Waals surface area contributed by atoms with E-state index >= 15 is 0 Å². The predicted molar refractivity (Wildman–Crippen MR) is 52.4 cm³/mol. The van der Waals surface area contributed by atoms with Crippen molar-refractivity contribution in [1.82, 2.24) is 0 Å². The highest BCUT2D eigenvalue weighted by atomic mass is 15.1. The van der Waals surface area contributed by atoms with E-state index in [1.54, 1.807) is 0 Å². The fraction of sp³-hybridized carbons (Fsp3) is 0.182. The highest BCUT2D eigenvalue weighted by Gasteiger charge is 2.18. The fourth-order valence-corrected chi connectivity index (χ4v) is 1.63. The average Bonchev–Trinajstić information content (AvgIpc) is 2.42. The number of nitriles is 1. The summed E-state index contributed by atoms with van der Waals surface area (Å²) in [7, 11) is 2.00. The molecule has 2 rings (SSSR count). The molecule has 0 N–H and O–H groups in total. The summed E-state index contributed by atoms with van der Waals surface area (Å²) in [6.07, 6.45) is 0.862. The van der Waals surface area contributed by atoms with Gasteiger partial charge in [-0.2, -0.15) is 5.26 Å². The Kier molecular flexibility index (Phi) is 1.60. The van der Waals surface area contributed by atoms with Crippen molar-refractivity contribution in [3.63, 3.8) is 0 Å². The third-order valence-electron chi connectivity index (χ3n) is 2.44. The molecule has 0 saturated heterocycles. The Hall–Kier alpha value is -1.75. The topological polar surface area (TPSA) is 27.0 Å². The summed E-state index contributed by atoms with van der Waals surface area (Å²) in [6.45, 7) is 3.95. The number of hydrogen-bond donors (Lipinski definition) is 0. The van der Waals surface area contributed by atoms with E-state index in [-0.39, 0.29) is 0 Å². The van der Waals surface area contributed by atoms with Crippen LogP contribution < -0.4 is 4.90 Å². The molecular weight excluding hydrogens is 160 g/mol.